The van der Waals surface area contributed by atoms with Crippen LogP contribution in [0.2, 0.25) is 0 Å². The first-order valence-electron chi connectivity index (χ1n) is 10.4. The highest BCUT2D eigenvalue weighted by molar-refractivity contribution is 5.97. The fourth-order valence-corrected chi connectivity index (χ4v) is 5.06. The highest BCUT2D eigenvalue weighted by Gasteiger charge is 2.51. The highest BCUT2D eigenvalue weighted by Crippen LogP contribution is 2.44. The molecule has 0 aromatic carbocycles. The van der Waals surface area contributed by atoms with Gasteiger partial charge in [0.25, 0.3) is 5.91 Å². The van der Waals surface area contributed by atoms with Gasteiger partial charge in [-0.25, -0.2) is 4.98 Å². The average molecular weight is 386 g/mol. The zero-order valence-corrected chi connectivity index (χ0v) is 17.6. The van der Waals surface area contributed by atoms with Crippen LogP contribution in [-0.2, 0) is 6.42 Å². The molecule has 1 aliphatic carbocycles. The molecule has 28 heavy (non-hydrogen) atoms. The monoisotopic (exact) mass is 385 g/mol. The van der Waals surface area contributed by atoms with E-state index < -0.39 is 0 Å². The third kappa shape index (κ3) is 3.05. The first kappa shape index (κ1) is 19.2. The summed E-state index contributed by atoms with van der Waals surface area (Å²) in [5.74, 6) is 3.76. The number of nitrogens with zero attached hydrogens (tertiary/aromatic N) is 3. The van der Waals surface area contributed by atoms with Crippen molar-refractivity contribution in [2.24, 2.45) is 5.92 Å². The molecule has 4 rings (SSSR count). The quantitative estimate of drug-likeness (QED) is 0.825. The molecule has 0 bridgehead atoms. The SMILES string of the molecule is CCc1nc(C(C)N2C[C@@H]3CCC[C@]3(NC(=O)c3c(C)oc(C)c3C)C2)n[nH]1. The summed E-state index contributed by atoms with van der Waals surface area (Å²) >= 11 is 0. The van der Waals surface area contributed by atoms with Gasteiger partial charge in [0, 0.05) is 25.1 Å². The van der Waals surface area contributed by atoms with Crippen LogP contribution in [0.5, 0.6) is 0 Å². The van der Waals surface area contributed by atoms with Crippen molar-refractivity contribution in [3.8, 4) is 0 Å². The molecule has 2 N–H and O–H groups in total. The van der Waals surface area contributed by atoms with Crippen molar-refractivity contribution in [2.45, 2.75) is 71.9 Å². The van der Waals surface area contributed by atoms with Crippen molar-refractivity contribution < 1.29 is 9.21 Å². The van der Waals surface area contributed by atoms with Gasteiger partial charge in [-0.1, -0.05) is 13.3 Å². The number of hydrogen-bond acceptors (Lipinski definition) is 5. The number of aromatic nitrogens is 3. The van der Waals surface area contributed by atoms with Gasteiger partial charge in [-0.05, 0) is 46.5 Å². The summed E-state index contributed by atoms with van der Waals surface area (Å²) < 4.78 is 5.68. The molecule has 152 valence electrons. The number of furan rings is 1. The van der Waals surface area contributed by atoms with Gasteiger partial charge in [0.05, 0.1) is 17.1 Å². The summed E-state index contributed by atoms with van der Waals surface area (Å²) in [5, 5.41) is 10.9. The van der Waals surface area contributed by atoms with Gasteiger partial charge < -0.3 is 9.73 Å². The third-order valence-corrected chi connectivity index (χ3v) is 6.85. The Morgan fingerprint density at radius 1 is 1.39 bits per heavy atom. The first-order chi connectivity index (χ1) is 13.3. The van der Waals surface area contributed by atoms with Gasteiger partial charge in [0.2, 0.25) is 0 Å². The second-order valence-electron chi connectivity index (χ2n) is 8.51. The number of likely N-dealkylation sites (tertiary alicyclic amines) is 1. The van der Waals surface area contributed by atoms with Crippen molar-refractivity contribution >= 4 is 5.91 Å². The number of carbonyl (C=O) groups excluding carboxylic acids is 1. The van der Waals surface area contributed by atoms with Gasteiger partial charge in [0.1, 0.15) is 17.3 Å². The van der Waals surface area contributed by atoms with Crippen LogP contribution in [0, 0.1) is 26.7 Å². The van der Waals surface area contributed by atoms with Crippen LogP contribution in [0.4, 0.5) is 0 Å². The fourth-order valence-electron chi connectivity index (χ4n) is 5.06. The Kier molecular flexibility index (Phi) is 4.81. The second-order valence-corrected chi connectivity index (χ2v) is 8.51. The number of carbonyl (C=O) groups is 1. The maximum atomic E-state index is 13.2. The van der Waals surface area contributed by atoms with Gasteiger partial charge >= 0.3 is 0 Å². The van der Waals surface area contributed by atoms with Crippen molar-refractivity contribution in [1.29, 1.82) is 0 Å². The largest absolute Gasteiger partial charge is 0.466 e. The fraction of sp³-hybridized carbons (Fsp3) is 0.667. The van der Waals surface area contributed by atoms with E-state index in [0.29, 0.717) is 17.2 Å². The average Bonchev–Trinajstić information content (AvgIpc) is 3.38. The second kappa shape index (κ2) is 7.03. The molecule has 3 heterocycles. The van der Waals surface area contributed by atoms with Crippen molar-refractivity contribution in [3.05, 3.63) is 34.3 Å². The minimum atomic E-state index is -0.167. The van der Waals surface area contributed by atoms with Crippen molar-refractivity contribution in [3.63, 3.8) is 0 Å². The molecular formula is C21H31N5O2. The van der Waals surface area contributed by atoms with E-state index in [0.717, 1.165) is 61.7 Å². The van der Waals surface area contributed by atoms with E-state index in [2.05, 4.69) is 39.2 Å². The summed E-state index contributed by atoms with van der Waals surface area (Å²) in [5.41, 5.74) is 1.47. The summed E-state index contributed by atoms with van der Waals surface area (Å²) in [6, 6.07) is 0.135. The maximum Gasteiger partial charge on any atom is 0.255 e. The molecule has 3 atom stereocenters. The molecule has 7 heteroatoms. The van der Waals surface area contributed by atoms with Crippen molar-refractivity contribution in [1.82, 2.24) is 25.4 Å². The van der Waals surface area contributed by atoms with Gasteiger partial charge in [-0.3, -0.25) is 14.8 Å². The van der Waals surface area contributed by atoms with Crippen molar-refractivity contribution in [2.75, 3.05) is 13.1 Å². The number of fused-ring (bicyclic) bond motifs is 1. The summed E-state index contributed by atoms with van der Waals surface area (Å²) in [7, 11) is 0. The molecule has 0 radical (unpaired) electrons. The van der Waals surface area contributed by atoms with E-state index >= 15 is 0 Å². The van der Waals surface area contributed by atoms with Crippen LogP contribution in [0.25, 0.3) is 0 Å². The Hall–Kier alpha value is -2.15. The number of nitrogens with one attached hydrogen (secondary N) is 2. The van der Waals surface area contributed by atoms with Crippen LogP contribution in [-0.4, -0.2) is 44.6 Å². The minimum absolute atomic E-state index is 0.000540. The van der Waals surface area contributed by atoms with E-state index in [-0.39, 0.29) is 17.5 Å². The Labute approximate surface area is 166 Å². The number of aromatic amines is 1. The van der Waals surface area contributed by atoms with E-state index in [1.807, 2.05) is 20.8 Å². The lowest BCUT2D eigenvalue weighted by molar-refractivity contribution is 0.0884. The van der Waals surface area contributed by atoms with Gasteiger partial charge in [-0.2, -0.15) is 5.10 Å². The van der Waals surface area contributed by atoms with E-state index in [1.165, 1.54) is 0 Å². The van der Waals surface area contributed by atoms with E-state index in [1.54, 1.807) is 0 Å². The molecule has 0 spiro atoms. The van der Waals surface area contributed by atoms with Crippen LogP contribution >= 0.6 is 0 Å². The summed E-state index contributed by atoms with van der Waals surface area (Å²) in [4.78, 5) is 20.2. The van der Waals surface area contributed by atoms with E-state index in [4.69, 9.17) is 4.42 Å². The molecule has 7 nitrogen and oxygen atoms in total. The minimum Gasteiger partial charge on any atom is -0.466 e. The Balaban J connectivity index is 1.53. The predicted molar refractivity (Wildman–Crippen MR) is 106 cm³/mol. The highest BCUT2D eigenvalue weighted by atomic mass is 16.3. The Bertz CT molecular complexity index is 885. The molecule has 2 aliphatic rings. The summed E-state index contributed by atoms with van der Waals surface area (Å²) in [6.07, 6.45) is 4.19. The standard InChI is InChI=1S/C21H31N5O2/c1-6-17-22-19(25-24-17)13(3)26-10-16-8-7-9-21(16,11-26)23-20(27)18-12(2)14(4)28-15(18)5/h13,16H,6-11H2,1-5H3,(H,23,27)(H,22,24,25)/t13?,16-,21-/m0/s1. The lowest BCUT2D eigenvalue weighted by Crippen LogP contribution is -2.52. The number of amides is 1. The Morgan fingerprint density at radius 2 is 2.18 bits per heavy atom. The molecule has 1 amide bonds. The Morgan fingerprint density at radius 3 is 2.82 bits per heavy atom. The zero-order chi connectivity index (χ0) is 20.1. The molecular weight excluding hydrogens is 354 g/mol. The normalized spacial score (nSPS) is 25.8. The molecule has 1 unspecified atom stereocenters. The third-order valence-electron chi connectivity index (χ3n) is 6.85. The van der Waals surface area contributed by atoms with Crippen LogP contribution in [0.3, 0.4) is 0 Å². The van der Waals surface area contributed by atoms with E-state index in [9.17, 15) is 4.79 Å². The topological polar surface area (TPSA) is 87.1 Å². The van der Waals surface area contributed by atoms with Crippen LogP contribution < -0.4 is 5.32 Å². The van der Waals surface area contributed by atoms with Gasteiger partial charge in [-0.15, -0.1) is 0 Å². The van der Waals surface area contributed by atoms with Crippen LogP contribution in [0.15, 0.2) is 4.42 Å². The lowest BCUT2D eigenvalue weighted by atomic mass is 9.90. The molecule has 1 aliphatic heterocycles. The number of aryl methyl sites for hydroxylation is 3. The van der Waals surface area contributed by atoms with Crippen LogP contribution in [0.1, 0.15) is 78.2 Å². The lowest BCUT2D eigenvalue weighted by Gasteiger charge is -2.31. The molecule has 2 aromatic heterocycles. The molecule has 2 fully saturated rings. The predicted octanol–water partition coefficient (Wildman–Crippen LogP) is 3.23. The molecule has 2 aromatic rings. The number of hydrogen-bond donors (Lipinski definition) is 2. The molecule has 1 saturated heterocycles. The number of rotatable bonds is 5. The summed E-state index contributed by atoms with van der Waals surface area (Å²) in [6.45, 7) is 11.8. The first-order valence-corrected chi connectivity index (χ1v) is 10.4. The number of H-pyrrole nitrogens is 1. The smallest absolute Gasteiger partial charge is 0.255 e. The van der Waals surface area contributed by atoms with Gasteiger partial charge in [0.15, 0.2) is 5.82 Å². The zero-order valence-electron chi connectivity index (χ0n) is 17.6. The maximum absolute atomic E-state index is 13.2. The molecule has 1 saturated carbocycles.